The van der Waals surface area contributed by atoms with E-state index in [1.807, 2.05) is 0 Å². The van der Waals surface area contributed by atoms with Gasteiger partial charge in [-0.2, -0.15) is 0 Å². The lowest BCUT2D eigenvalue weighted by molar-refractivity contribution is -0.138. The average Bonchev–Trinajstić information content (AvgIpc) is 3.36. The van der Waals surface area contributed by atoms with Crippen molar-refractivity contribution in [1.82, 2.24) is 9.47 Å². The number of halogens is 1. The fraction of sp³-hybridized carbons (Fsp3) is 0.409. The molecule has 8 heteroatoms. The van der Waals surface area contributed by atoms with Gasteiger partial charge in [0.25, 0.3) is 11.5 Å². The molecule has 2 saturated heterocycles. The van der Waals surface area contributed by atoms with Crippen molar-refractivity contribution in [2.75, 3.05) is 6.54 Å². The second-order valence-corrected chi connectivity index (χ2v) is 8.25. The third-order valence-electron chi connectivity index (χ3n) is 6.49. The second-order valence-electron chi connectivity index (χ2n) is 8.25. The number of fused-ring (bicyclic) bond motifs is 3. The van der Waals surface area contributed by atoms with Crippen LogP contribution in [0.1, 0.15) is 40.7 Å². The lowest BCUT2D eigenvalue weighted by atomic mass is 9.87. The first kappa shape index (κ1) is 19.0. The molecule has 1 aromatic carbocycles. The molecule has 0 saturated carbocycles. The highest BCUT2D eigenvalue weighted by Gasteiger charge is 2.46. The lowest BCUT2D eigenvalue weighted by Gasteiger charge is -2.33. The van der Waals surface area contributed by atoms with Gasteiger partial charge in [-0.05, 0) is 61.1 Å². The second kappa shape index (κ2) is 7.05. The van der Waals surface area contributed by atoms with Crippen molar-refractivity contribution < 1.29 is 18.7 Å². The number of nitrogens with zero attached hydrogens (tertiary/aromatic N) is 2. The van der Waals surface area contributed by atoms with E-state index in [9.17, 15) is 18.8 Å². The zero-order chi connectivity index (χ0) is 21.0. The van der Waals surface area contributed by atoms with Crippen molar-refractivity contribution in [1.29, 1.82) is 0 Å². The van der Waals surface area contributed by atoms with Gasteiger partial charge in [0.05, 0.1) is 18.1 Å². The molecule has 7 nitrogen and oxygen atoms in total. The molecule has 2 N–H and O–H groups in total. The van der Waals surface area contributed by atoms with Gasteiger partial charge in [-0.1, -0.05) is 0 Å². The largest absolute Gasteiger partial charge is 0.374 e. The van der Waals surface area contributed by atoms with Gasteiger partial charge in [-0.25, -0.2) is 4.39 Å². The summed E-state index contributed by atoms with van der Waals surface area (Å²) in [5, 5.41) is 0. The van der Waals surface area contributed by atoms with E-state index in [1.165, 1.54) is 28.8 Å². The summed E-state index contributed by atoms with van der Waals surface area (Å²) in [5.74, 6) is -1.28. The molecule has 3 atom stereocenters. The van der Waals surface area contributed by atoms with Gasteiger partial charge in [0.2, 0.25) is 5.91 Å². The van der Waals surface area contributed by atoms with E-state index in [4.69, 9.17) is 10.5 Å². The van der Waals surface area contributed by atoms with Crippen LogP contribution in [0.15, 0.2) is 35.3 Å². The quantitative estimate of drug-likeness (QED) is 0.829. The Morgan fingerprint density at radius 1 is 1.17 bits per heavy atom. The van der Waals surface area contributed by atoms with Crippen LogP contribution in [0.5, 0.6) is 0 Å². The van der Waals surface area contributed by atoms with Gasteiger partial charge in [-0.15, -0.1) is 0 Å². The van der Waals surface area contributed by atoms with Crippen molar-refractivity contribution in [3.8, 4) is 5.69 Å². The predicted molar refractivity (Wildman–Crippen MR) is 106 cm³/mol. The van der Waals surface area contributed by atoms with E-state index < -0.39 is 17.3 Å². The topological polar surface area (TPSA) is 94.6 Å². The average molecular weight is 411 g/mol. The summed E-state index contributed by atoms with van der Waals surface area (Å²) in [6.07, 6.45) is 4.90. The molecule has 5 rings (SSSR count). The Labute approximate surface area is 172 Å². The number of ether oxygens (including phenoxy) is 1. The molecule has 3 aliphatic rings. The third-order valence-corrected chi connectivity index (χ3v) is 6.49. The highest BCUT2D eigenvalue weighted by molar-refractivity contribution is 5.94. The van der Waals surface area contributed by atoms with E-state index >= 15 is 0 Å². The van der Waals surface area contributed by atoms with E-state index in [2.05, 4.69) is 0 Å². The van der Waals surface area contributed by atoms with Crippen molar-refractivity contribution >= 4 is 11.8 Å². The Kier molecular flexibility index (Phi) is 4.47. The van der Waals surface area contributed by atoms with Gasteiger partial charge in [0.15, 0.2) is 0 Å². The molecule has 2 fully saturated rings. The number of primary amides is 1. The molecule has 2 aromatic rings. The van der Waals surface area contributed by atoms with Crippen molar-refractivity contribution in [2.45, 2.75) is 44.4 Å². The molecule has 1 aromatic heterocycles. The maximum absolute atomic E-state index is 13.3. The summed E-state index contributed by atoms with van der Waals surface area (Å²) in [6, 6.07) is 5.42. The molecule has 3 aliphatic heterocycles. The van der Waals surface area contributed by atoms with Gasteiger partial charge in [-0.3, -0.25) is 19.0 Å². The zero-order valence-electron chi connectivity index (χ0n) is 16.3. The minimum absolute atomic E-state index is 0.00162. The van der Waals surface area contributed by atoms with Gasteiger partial charge in [0, 0.05) is 25.0 Å². The monoisotopic (exact) mass is 411 g/mol. The van der Waals surface area contributed by atoms with Crippen LogP contribution in [-0.4, -0.2) is 40.0 Å². The van der Waals surface area contributed by atoms with Crippen LogP contribution < -0.4 is 11.3 Å². The van der Waals surface area contributed by atoms with Gasteiger partial charge >= 0.3 is 0 Å². The summed E-state index contributed by atoms with van der Waals surface area (Å²) in [7, 11) is 0. The molecule has 0 radical (unpaired) electrons. The Hall–Kier alpha value is -3.00. The number of hydrogen-bond donors (Lipinski definition) is 1. The SMILES string of the molecule is NC(=O)c1c2c(cn(-c3ccc(F)cc3)c1=O)CN(C(=O)[C@@H]1C[C@@H]3CC[C@H]1O3)CC2. The van der Waals surface area contributed by atoms with Crippen LogP contribution in [0.3, 0.4) is 0 Å². The van der Waals surface area contributed by atoms with Crippen LogP contribution in [-0.2, 0) is 22.5 Å². The molecule has 0 aliphatic carbocycles. The molecule has 0 unspecified atom stereocenters. The molecule has 0 spiro atoms. The molecule has 2 amide bonds. The Morgan fingerprint density at radius 2 is 1.93 bits per heavy atom. The summed E-state index contributed by atoms with van der Waals surface area (Å²) < 4.78 is 20.5. The molecule has 30 heavy (non-hydrogen) atoms. The summed E-state index contributed by atoms with van der Waals surface area (Å²) in [4.78, 5) is 39.9. The highest BCUT2D eigenvalue weighted by atomic mass is 19.1. The Morgan fingerprint density at radius 3 is 2.57 bits per heavy atom. The van der Waals surface area contributed by atoms with E-state index in [1.54, 1.807) is 11.1 Å². The minimum Gasteiger partial charge on any atom is -0.374 e. The number of amides is 2. The van der Waals surface area contributed by atoms with Crippen molar-refractivity contribution in [3.63, 3.8) is 0 Å². The van der Waals surface area contributed by atoms with Gasteiger partial charge < -0.3 is 15.4 Å². The standard InChI is InChI=1S/C22H22FN3O4/c23-13-1-3-14(4-2-13)26-11-12-10-25(8-7-16(12)19(20(24)27)22(26)29)21(28)17-9-15-5-6-18(17)30-15/h1-4,11,15,17-18H,5-10H2,(H2,24,27)/t15-,17+,18+/m0/s1. The number of aromatic nitrogens is 1. The normalized spacial score (nSPS) is 24.7. The summed E-state index contributed by atoms with van der Waals surface area (Å²) >= 11 is 0. The third kappa shape index (κ3) is 3.02. The number of nitrogens with two attached hydrogens (primary N) is 1. The van der Waals surface area contributed by atoms with Crippen molar-refractivity contribution in [2.24, 2.45) is 11.7 Å². The maximum Gasteiger partial charge on any atom is 0.268 e. The molecule has 2 bridgehead atoms. The molecular formula is C22H22FN3O4. The summed E-state index contributed by atoms with van der Waals surface area (Å²) in [5.41, 5.74) is 6.67. The first-order valence-corrected chi connectivity index (χ1v) is 10.2. The molecule has 4 heterocycles. The highest BCUT2D eigenvalue weighted by Crippen LogP contribution is 2.40. The van der Waals surface area contributed by atoms with Gasteiger partial charge in [0.1, 0.15) is 11.4 Å². The van der Waals surface area contributed by atoms with Crippen LogP contribution in [0, 0.1) is 11.7 Å². The first-order valence-electron chi connectivity index (χ1n) is 10.2. The van der Waals surface area contributed by atoms with Crippen LogP contribution in [0.2, 0.25) is 0 Å². The molecular weight excluding hydrogens is 389 g/mol. The smallest absolute Gasteiger partial charge is 0.268 e. The van der Waals surface area contributed by atoms with Crippen molar-refractivity contribution in [3.05, 3.63) is 63.3 Å². The summed E-state index contributed by atoms with van der Waals surface area (Å²) in [6.45, 7) is 0.726. The maximum atomic E-state index is 13.3. The Bertz CT molecular complexity index is 1090. The number of carbonyl (C=O) groups excluding carboxylic acids is 2. The lowest BCUT2D eigenvalue weighted by Crippen LogP contribution is -2.44. The number of hydrogen-bond acceptors (Lipinski definition) is 4. The van der Waals surface area contributed by atoms with E-state index in [-0.39, 0.29) is 29.6 Å². The number of benzene rings is 1. The van der Waals surface area contributed by atoms with E-state index in [0.29, 0.717) is 36.3 Å². The molecule has 156 valence electrons. The predicted octanol–water partition coefficient (Wildman–Crippen LogP) is 1.53. The Balaban J connectivity index is 1.51. The van der Waals surface area contributed by atoms with Crippen LogP contribution >= 0.6 is 0 Å². The number of rotatable bonds is 3. The van der Waals surface area contributed by atoms with E-state index in [0.717, 1.165) is 19.3 Å². The number of pyridine rings is 1. The van der Waals surface area contributed by atoms with Crippen LogP contribution in [0.25, 0.3) is 5.69 Å². The first-order chi connectivity index (χ1) is 14.4. The minimum atomic E-state index is -0.797. The fourth-order valence-corrected chi connectivity index (χ4v) is 5.02. The fourth-order valence-electron chi connectivity index (χ4n) is 5.02. The number of carbonyl (C=O) groups is 2. The van der Waals surface area contributed by atoms with Crippen LogP contribution in [0.4, 0.5) is 4.39 Å². The zero-order valence-corrected chi connectivity index (χ0v) is 16.3.